The Morgan fingerprint density at radius 2 is 1.54 bits per heavy atom. The van der Waals surface area contributed by atoms with Gasteiger partial charge in [-0.05, 0) is 24.3 Å². The number of fused-ring (bicyclic) bond motifs is 1. The number of carbonyl (C=O) groups excluding carboxylic acids is 2. The first-order valence-electron chi connectivity index (χ1n) is 7.96. The molecule has 1 atom stereocenters. The Morgan fingerprint density at radius 3 is 2.15 bits per heavy atom. The summed E-state index contributed by atoms with van der Waals surface area (Å²) in [6, 6.07) is 14.5. The van der Waals surface area contributed by atoms with Gasteiger partial charge >= 0.3 is 0 Å². The molecule has 2 aromatic rings. The summed E-state index contributed by atoms with van der Waals surface area (Å²) in [5.41, 5.74) is 0.682. The first-order valence-corrected chi connectivity index (χ1v) is 9.45. The number of imide groups is 1. The highest BCUT2D eigenvalue weighted by molar-refractivity contribution is 8.06. The van der Waals surface area contributed by atoms with Crippen molar-refractivity contribution >= 4 is 26.7 Å². The summed E-state index contributed by atoms with van der Waals surface area (Å²) in [5, 5.41) is 3.58. The molecule has 0 N–H and O–H groups in total. The minimum Gasteiger partial charge on any atom is -0.389 e. The second-order valence-corrected chi connectivity index (χ2v) is 7.95. The average Bonchev–Trinajstić information content (AvgIpc) is 3.23. The second kappa shape index (κ2) is 6.06. The van der Waals surface area contributed by atoms with Crippen molar-refractivity contribution in [2.24, 2.45) is 5.16 Å². The van der Waals surface area contributed by atoms with E-state index in [1.165, 1.54) is 12.1 Å². The molecule has 0 spiro atoms. The molecule has 7 nitrogen and oxygen atoms in total. The monoisotopic (exact) mass is 370 g/mol. The summed E-state index contributed by atoms with van der Waals surface area (Å²) in [7, 11) is -3.75. The third-order valence-corrected chi connectivity index (χ3v) is 6.09. The molecule has 132 valence electrons. The van der Waals surface area contributed by atoms with Gasteiger partial charge in [0.1, 0.15) is 0 Å². The van der Waals surface area contributed by atoms with E-state index < -0.39 is 27.8 Å². The zero-order valence-corrected chi connectivity index (χ0v) is 14.3. The van der Waals surface area contributed by atoms with Gasteiger partial charge in [-0.25, -0.2) is 8.42 Å². The van der Waals surface area contributed by atoms with E-state index in [1.54, 1.807) is 42.5 Å². The fourth-order valence-corrected chi connectivity index (χ4v) is 4.34. The summed E-state index contributed by atoms with van der Waals surface area (Å²) in [6.45, 7) is -0.0519. The van der Waals surface area contributed by atoms with Crippen molar-refractivity contribution in [3.8, 4) is 0 Å². The molecular weight excluding hydrogens is 356 g/mol. The van der Waals surface area contributed by atoms with Crippen LogP contribution in [0.15, 0.2) is 64.6 Å². The topological polar surface area (TPSA) is 93.1 Å². The number of hydrogen-bond acceptors (Lipinski definition) is 6. The number of carbonyl (C=O) groups is 2. The van der Waals surface area contributed by atoms with Gasteiger partial charge in [0, 0.05) is 6.42 Å². The van der Waals surface area contributed by atoms with Gasteiger partial charge in [0.05, 0.1) is 22.6 Å². The first kappa shape index (κ1) is 16.5. The SMILES string of the molecule is O=C1c2ccccc2C(=O)N1C[C@H]1CC(S(=O)(=O)c2ccccc2)=NO1. The van der Waals surface area contributed by atoms with E-state index in [0.29, 0.717) is 11.1 Å². The predicted molar refractivity (Wildman–Crippen MR) is 92.4 cm³/mol. The molecule has 2 aromatic carbocycles. The Balaban J connectivity index is 1.49. The van der Waals surface area contributed by atoms with Crippen LogP contribution in [-0.2, 0) is 14.7 Å². The molecule has 0 saturated carbocycles. The lowest BCUT2D eigenvalue weighted by Crippen LogP contribution is -2.37. The maximum Gasteiger partial charge on any atom is 0.261 e. The molecule has 0 saturated heterocycles. The molecule has 8 heteroatoms. The van der Waals surface area contributed by atoms with Crippen molar-refractivity contribution in [2.75, 3.05) is 6.54 Å². The molecular formula is C18H14N2O5S. The van der Waals surface area contributed by atoms with Gasteiger partial charge in [0.2, 0.25) is 9.84 Å². The van der Waals surface area contributed by atoms with E-state index in [-0.39, 0.29) is 22.9 Å². The van der Waals surface area contributed by atoms with Crippen LogP contribution in [0.3, 0.4) is 0 Å². The van der Waals surface area contributed by atoms with Crippen molar-refractivity contribution in [2.45, 2.75) is 17.4 Å². The number of nitrogens with zero attached hydrogens (tertiary/aromatic N) is 2. The summed E-state index contributed by atoms with van der Waals surface area (Å²) in [4.78, 5) is 31.2. The number of amides is 2. The minimum atomic E-state index is -3.75. The van der Waals surface area contributed by atoms with Crippen LogP contribution < -0.4 is 0 Å². The van der Waals surface area contributed by atoms with Gasteiger partial charge in [-0.2, -0.15) is 0 Å². The third-order valence-electron chi connectivity index (χ3n) is 4.33. The van der Waals surface area contributed by atoms with Crippen molar-refractivity contribution in [1.82, 2.24) is 4.90 Å². The Bertz CT molecular complexity index is 996. The lowest BCUT2D eigenvalue weighted by Gasteiger charge is -2.17. The number of hydrogen-bond donors (Lipinski definition) is 0. The smallest absolute Gasteiger partial charge is 0.261 e. The fourth-order valence-electron chi connectivity index (χ4n) is 3.00. The molecule has 0 fully saturated rings. The van der Waals surface area contributed by atoms with E-state index >= 15 is 0 Å². The summed E-state index contributed by atoms with van der Waals surface area (Å²) < 4.78 is 25.1. The van der Waals surface area contributed by atoms with Crippen LogP contribution >= 0.6 is 0 Å². The van der Waals surface area contributed by atoms with Crippen LogP contribution in [0.2, 0.25) is 0 Å². The molecule has 2 aliphatic rings. The lowest BCUT2D eigenvalue weighted by atomic mass is 10.1. The quantitative estimate of drug-likeness (QED) is 0.769. The lowest BCUT2D eigenvalue weighted by molar-refractivity contribution is 0.0399. The van der Waals surface area contributed by atoms with E-state index in [2.05, 4.69) is 5.16 Å². The highest BCUT2D eigenvalue weighted by Crippen LogP contribution is 2.26. The molecule has 2 amide bonds. The largest absolute Gasteiger partial charge is 0.389 e. The molecule has 0 aromatic heterocycles. The van der Waals surface area contributed by atoms with Gasteiger partial charge in [-0.1, -0.05) is 35.5 Å². The van der Waals surface area contributed by atoms with Crippen LogP contribution in [0.4, 0.5) is 0 Å². The van der Waals surface area contributed by atoms with Crippen LogP contribution in [0.1, 0.15) is 27.1 Å². The van der Waals surface area contributed by atoms with E-state index in [9.17, 15) is 18.0 Å². The molecule has 2 aliphatic heterocycles. The van der Waals surface area contributed by atoms with Crippen molar-refractivity contribution in [1.29, 1.82) is 0 Å². The van der Waals surface area contributed by atoms with Gasteiger partial charge in [0.25, 0.3) is 11.8 Å². The van der Waals surface area contributed by atoms with Crippen molar-refractivity contribution < 1.29 is 22.8 Å². The molecule has 0 aliphatic carbocycles. The molecule has 0 unspecified atom stereocenters. The first-order chi connectivity index (χ1) is 12.5. The van der Waals surface area contributed by atoms with Gasteiger partial charge < -0.3 is 4.84 Å². The van der Waals surface area contributed by atoms with Gasteiger partial charge in [0.15, 0.2) is 11.1 Å². The third kappa shape index (κ3) is 2.59. The van der Waals surface area contributed by atoms with Crippen molar-refractivity contribution in [3.63, 3.8) is 0 Å². The van der Waals surface area contributed by atoms with E-state index in [0.717, 1.165) is 4.90 Å². The second-order valence-electron chi connectivity index (χ2n) is 6.00. The maximum absolute atomic E-state index is 12.6. The highest BCUT2D eigenvalue weighted by atomic mass is 32.2. The molecule has 0 bridgehead atoms. The Morgan fingerprint density at radius 1 is 0.962 bits per heavy atom. The van der Waals surface area contributed by atoms with Gasteiger partial charge in [-0.15, -0.1) is 0 Å². The molecule has 26 heavy (non-hydrogen) atoms. The van der Waals surface area contributed by atoms with Crippen LogP contribution in [0.5, 0.6) is 0 Å². The zero-order valence-electron chi connectivity index (χ0n) is 13.5. The van der Waals surface area contributed by atoms with Crippen molar-refractivity contribution in [3.05, 3.63) is 65.7 Å². The van der Waals surface area contributed by atoms with E-state index in [1.807, 2.05) is 0 Å². The maximum atomic E-state index is 12.6. The Hall–Kier alpha value is -3.00. The summed E-state index contributed by atoms with van der Waals surface area (Å²) in [6.07, 6.45) is -0.685. The number of sulfone groups is 1. The van der Waals surface area contributed by atoms with Crippen LogP contribution in [-0.4, -0.2) is 42.8 Å². The minimum absolute atomic E-state index is 0.00460. The summed E-state index contributed by atoms with van der Waals surface area (Å²) in [5.74, 6) is -0.817. The highest BCUT2D eigenvalue weighted by Gasteiger charge is 2.39. The predicted octanol–water partition coefficient (Wildman–Crippen LogP) is 1.86. The average molecular weight is 370 g/mol. The number of oxime groups is 1. The molecule has 4 rings (SSSR count). The molecule has 0 radical (unpaired) electrons. The summed E-state index contributed by atoms with van der Waals surface area (Å²) >= 11 is 0. The number of rotatable bonds is 3. The normalized spacial score (nSPS) is 19.3. The Kier molecular flexibility index (Phi) is 3.84. The fraction of sp³-hybridized carbons (Fsp3) is 0.167. The van der Waals surface area contributed by atoms with Crippen LogP contribution in [0.25, 0.3) is 0 Å². The van der Waals surface area contributed by atoms with Crippen LogP contribution in [0, 0.1) is 0 Å². The standard InChI is InChI=1S/C18H14N2O5S/c21-17-14-8-4-5-9-15(14)18(22)20(17)11-12-10-16(19-25-12)26(23,24)13-6-2-1-3-7-13/h1-9,12H,10-11H2/t12-/m1/s1. The number of benzene rings is 2. The zero-order chi connectivity index (χ0) is 18.3. The van der Waals surface area contributed by atoms with E-state index in [4.69, 9.17) is 4.84 Å². The molecule has 2 heterocycles. The van der Waals surface area contributed by atoms with Gasteiger partial charge in [-0.3, -0.25) is 14.5 Å². The Labute approximate surface area is 149 Å².